The zero-order valence-electron chi connectivity index (χ0n) is 14.7. The summed E-state index contributed by atoms with van der Waals surface area (Å²) >= 11 is 6.38. The van der Waals surface area contributed by atoms with Crippen LogP contribution >= 0.6 is 11.6 Å². The van der Waals surface area contributed by atoms with E-state index >= 15 is 0 Å². The highest BCUT2D eigenvalue weighted by atomic mass is 35.5. The van der Waals surface area contributed by atoms with Crippen molar-refractivity contribution in [3.05, 3.63) is 22.7 Å². The van der Waals surface area contributed by atoms with Gasteiger partial charge in [0.25, 0.3) is 5.91 Å². The first-order chi connectivity index (χ1) is 11.5. The Labute approximate surface area is 149 Å². The molecule has 0 aliphatic heterocycles. The Kier molecular flexibility index (Phi) is 5.24. The van der Waals surface area contributed by atoms with Crippen LogP contribution in [0.2, 0.25) is 5.02 Å². The van der Waals surface area contributed by atoms with E-state index in [0.29, 0.717) is 46.6 Å². The number of rotatable bonds is 8. The number of ether oxygens (including phenoxy) is 2. The third kappa shape index (κ3) is 4.15. The molecule has 0 unspecified atom stereocenters. The molecule has 2 saturated carbocycles. The molecule has 0 bridgehead atoms. The maximum atomic E-state index is 13.0. The third-order valence-electron chi connectivity index (χ3n) is 4.44. The largest absolute Gasteiger partial charge is 0.493 e. The minimum Gasteiger partial charge on any atom is -0.493 e. The number of benzene rings is 1. The molecule has 0 radical (unpaired) electrons. The Morgan fingerprint density at radius 3 is 2.54 bits per heavy atom. The SMILES string of the molecule is COc1cc(C(=O)N(CC2CC2)C2CC2)cc(Cl)c1OCC(C)C. The Morgan fingerprint density at radius 2 is 2.00 bits per heavy atom. The third-order valence-corrected chi connectivity index (χ3v) is 4.72. The van der Waals surface area contributed by atoms with Gasteiger partial charge in [-0.05, 0) is 49.7 Å². The van der Waals surface area contributed by atoms with Crippen molar-refractivity contribution in [2.45, 2.75) is 45.6 Å². The topological polar surface area (TPSA) is 38.8 Å². The molecule has 0 N–H and O–H groups in total. The molecule has 5 heteroatoms. The van der Waals surface area contributed by atoms with Gasteiger partial charge in [0.15, 0.2) is 11.5 Å². The highest BCUT2D eigenvalue weighted by Gasteiger charge is 2.37. The van der Waals surface area contributed by atoms with E-state index < -0.39 is 0 Å². The van der Waals surface area contributed by atoms with Gasteiger partial charge in [-0.15, -0.1) is 0 Å². The van der Waals surface area contributed by atoms with Crippen molar-refractivity contribution in [3.63, 3.8) is 0 Å². The number of amides is 1. The average Bonchev–Trinajstić information content (AvgIpc) is 3.43. The van der Waals surface area contributed by atoms with Crippen molar-refractivity contribution in [1.82, 2.24) is 4.90 Å². The molecule has 0 aromatic heterocycles. The summed E-state index contributed by atoms with van der Waals surface area (Å²) in [7, 11) is 1.57. The first kappa shape index (κ1) is 17.4. The minimum atomic E-state index is 0.0556. The predicted molar refractivity (Wildman–Crippen MR) is 95.1 cm³/mol. The monoisotopic (exact) mass is 351 g/mol. The standard InChI is InChI=1S/C19H26ClNO3/c1-12(2)11-24-18-16(20)8-14(9-17(18)23-3)19(22)21(15-6-7-15)10-13-4-5-13/h8-9,12-13,15H,4-7,10-11H2,1-3H3. The predicted octanol–water partition coefficient (Wildman–Crippen LogP) is 4.40. The van der Waals surface area contributed by atoms with Crippen LogP contribution in [0.4, 0.5) is 0 Å². The lowest BCUT2D eigenvalue weighted by Gasteiger charge is -2.23. The molecule has 3 rings (SSSR count). The number of methoxy groups -OCH3 is 1. The van der Waals surface area contributed by atoms with Gasteiger partial charge in [0.2, 0.25) is 0 Å². The lowest BCUT2D eigenvalue weighted by atomic mass is 10.1. The Morgan fingerprint density at radius 1 is 1.29 bits per heavy atom. The number of halogens is 1. The zero-order valence-corrected chi connectivity index (χ0v) is 15.4. The number of carbonyl (C=O) groups is 1. The molecule has 24 heavy (non-hydrogen) atoms. The van der Waals surface area contributed by atoms with Gasteiger partial charge in [-0.3, -0.25) is 4.79 Å². The molecule has 2 aliphatic carbocycles. The molecule has 0 heterocycles. The molecule has 132 valence electrons. The van der Waals surface area contributed by atoms with E-state index in [2.05, 4.69) is 13.8 Å². The molecular weight excluding hydrogens is 326 g/mol. The molecule has 0 spiro atoms. The Hall–Kier alpha value is -1.42. The number of carbonyl (C=O) groups excluding carboxylic acids is 1. The van der Waals surface area contributed by atoms with E-state index in [1.165, 1.54) is 12.8 Å². The fourth-order valence-corrected chi connectivity index (χ4v) is 3.03. The summed E-state index contributed by atoms with van der Waals surface area (Å²) in [6, 6.07) is 3.87. The van der Waals surface area contributed by atoms with E-state index in [-0.39, 0.29) is 5.91 Å². The summed E-state index contributed by atoms with van der Waals surface area (Å²) in [5, 5.41) is 0.431. The van der Waals surface area contributed by atoms with Crippen LogP contribution in [0.1, 0.15) is 49.9 Å². The van der Waals surface area contributed by atoms with Gasteiger partial charge in [-0.2, -0.15) is 0 Å². The highest BCUT2D eigenvalue weighted by molar-refractivity contribution is 6.32. The Bertz CT molecular complexity index is 609. The molecule has 1 amide bonds. The van der Waals surface area contributed by atoms with Gasteiger partial charge < -0.3 is 14.4 Å². The maximum Gasteiger partial charge on any atom is 0.254 e. The first-order valence-electron chi connectivity index (χ1n) is 8.81. The van der Waals surface area contributed by atoms with E-state index in [0.717, 1.165) is 19.4 Å². The molecule has 2 aliphatic rings. The summed E-state index contributed by atoms with van der Waals surface area (Å²) in [5.41, 5.74) is 0.585. The molecule has 1 aromatic carbocycles. The molecule has 0 saturated heterocycles. The maximum absolute atomic E-state index is 13.0. The number of hydrogen-bond donors (Lipinski definition) is 0. The average molecular weight is 352 g/mol. The molecule has 0 atom stereocenters. The summed E-state index contributed by atoms with van der Waals surface area (Å²) in [6.07, 6.45) is 4.70. The smallest absolute Gasteiger partial charge is 0.254 e. The minimum absolute atomic E-state index is 0.0556. The van der Waals surface area contributed by atoms with E-state index in [9.17, 15) is 4.79 Å². The lowest BCUT2D eigenvalue weighted by Crippen LogP contribution is -2.35. The van der Waals surface area contributed by atoms with Crippen LogP contribution < -0.4 is 9.47 Å². The van der Waals surface area contributed by atoms with Crippen LogP contribution in [0.25, 0.3) is 0 Å². The van der Waals surface area contributed by atoms with E-state index in [1.807, 2.05) is 4.90 Å². The fourth-order valence-electron chi connectivity index (χ4n) is 2.76. The number of nitrogens with zero attached hydrogens (tertiary/aromatic N) is 1. The van der Waals surface area contributed by atoms with Crippen LogP contribution in [0.15, 0.2) is 12.1 Å². The summed E-state index contributed by atoms with van der Waals surface area (Å²) in [4.78, 5) is 15.0. The second-order valence-electron chi connectivity index (χ2n) is 7.33. The fraction of sp³-hybridized carbons (Fsp3) is 0.632. The van der Waals surface area contributed by atoms with Gasteiger partial charge >= 0.3 is 0 Å². The zero-order chi connectivity index (χ0) is 17.3. The van der Waals surface area contributed by atoms with Gasteiger partial charge in [-0.25, -0.2) is 0 Å². The van der Waals surface area contributed by atoms with Gasteiger partial charge in [-0.1, -0.05) is 25.4 Å². The van der Waals surface area contributed by atoms with E-state index in [4.69, 9.17) is 21.1 Å². The summed E-state index contributed by atoms with van der Waals surface area (Å²) in [6.45, 7) is 5.57. The van der Waals surface area contributed by atoms with Crippen LogP contribution in [0, 0.1) is 11.8 Å². The second-order valence-corrected chi connectivity index (χ2v) is 7.73. The van der Waals surface area contributed by atoms with Gasteiger partial charge in [0.05, 0.1) is 18.7 Å². The van der Waals surface area contributed by atoms with Crippen molar-refractivity contribution in [2.24, 2.45) is 11.8 Å². The first-order valence-corrected chi connectivity index (χ1v) is 9.18. The van der Waals surface area contributed by atoms with Crippen molar-refractivity contribution in [2.75, 3.05) is 20.3 Å². The molecule has 2 fully saturated rings. The summed E-state index contributed by atoms with van der Waals surface area (Å²) < 4.78 is 11.2. The molecule has 4 nitrogen and oxygen atoms in total. The quantitative estimate of drug-likeness (QED) is 0.696. The van der Waals surface area contributed by atoms with Crippen molar-refractivity contribution in [1.29, 1.82) is 0 Å². The normalized spacial score (nSPS) is 17.0. The molecule has 1 aromatic rings. The van der Waals surface area contributed by atoms with Gasteiger partial charge in [0, 0.05) is 18.2 Å². The number of hydrogen-bond acceptors (Lipinski definition) is 3. The van der Waals surface area contributed by atoms with Crippen LogP contribution in [0.3, 0.4) is 0 Å². The van der Waals surface area contributed by atoms with Crippen molar-refractivity contribution < 1.29 is 14.3 Å². The highest BCUT2D eigenvalue weighted by Crippen LogP contribution is 2.39. The molecular formula is C19H26ClNO3. The van der Waals surface area contributed by atoms with Crippen molar-refractivity contribution in [3.8, 4) is 11.5 Å². The Balaban J connectivity index is 1.81. The van der Waals surface area contributed by atoms with E-state index in [1.54, 1.807) is 19.2 Å². The van der Waals surface area contributed by atoms with Crippen LogP contribution in [0.5, 0.6) is 11.5 Å². The van der Waals surface area contributed by atoms with Crippen LogP contribution in [-0.2, 0) is 0 Å². The second kappa shape index (κ2) is 7.22. The summed E-state index contributed by atoms with van der Waals surface area (Å²) in [5.74, 6) is 2.16. The van der Waals surface area contributed by atoms with Crippen molar-refractivity contribution >= 4 is 17.5 Å². The van der Waals surface area contributed by atoms with Crippen LogP contribution in [-0.4, -0.2) is 37.1 Å². The lowest BCUT2D eigenvalue weighted by molar-refractivity contribution is 0.0734. The van der Waals surface area contributed by atoms with Gasteiger partial charge in [0.1, 0.15) is 0 Å².